The van der Waals surface area contributed by atoms with Gasteiger partial charge in [-0.05, 0) is 36.5 Å². The summed E-state index contributed by atoms with van der Waals surface area (Å²) in [7, 11) is 0. The number of rotatable bonds is 5. The van der Waals surface area contributed by atoms with Gasteiger partial charge in [0.1, 0.15) is 5.82 Å². The van der Waals surface area contributed by atoms with Gasteiger partial charge in [-0.2, -0.15) is 0 Å². The van der Waals surface area contributed by atoms with Crippen molar-refractivity contribution in [3.63, 3.8) is 0 Å². The van der Waals surface area contributed by atoms with Gasteiger partial charge >= 0.3 is 0 Å². The maximum absolute atomic E-state index is 12.9. The van der Waals surface area contributed by atoms with Gasteiger partial charge in [-0.1, -0.05) is 37.1 Å². The Morgan fingerprint density at radius 2 is 2.29 bits per heavy atom. The molecule has 0 aromatic heterocycles. The van der Waals surface area contributed by atoms with Gasteiger partial charge in [-0.3, -0.25) is 4.79 Å². The number of nitrogens with one attached hydrogen (secondary N) is 1. The molecule has 1 fully saturated rings. The van der Waals surface area contributed by atoms with E-state index in [1.807, 2.05) is 0 Å². The van der Waals surface area contributed by atoms with Gasteiger partial charge in [0.05, 0.1) is 6.21 Å². The Morgan fingerprint density at radius 1 is 1.48 bits per heavy atom. The zero-order chi connectivity index (χ0) is 15.1. The fourth-order valence-electron chi connectivity index (χ4n) is 2.56. The van der Waals surface area contributed by atoms with E-state index in [4.69, 9.17) is 4.84 Å². The largest absolute Gasteiger partial charge is 0.386 e. The Labute approximate surface area is 124 Å². The van der Waals surface area contributed by atoms with Gasteiger partial charge in [-0.25, -0.2) is 4.39 Å². The van der Waals surface area contributed by atoms with Crippen LogP contribution in [-0.2, 0) is 9.63 Å². The highest BCUT2D eigenvalue weighted by Crippen LogP contribution is 2.23. The van der Waals surface area contributed by atoms with Gasteiger partial charge in [0.15, 0.2) is 6.61 Å². The van der Waals surface area contributed by atoms with Crippen molar-refractivity contribution >= 4 is 12.1 Å². The number of carbonyl (C=O) groups excluding carboxylic acids is 1. The minimum atomic E-state index is -0.331. The Kier molecular flexibility index (Phi) is 5.72. The predicted molar refractivity (Wildman–Crippen MR) is 79.5 cm³/mol. The molecule has 2 atom stereocenters. The lowest BCUT2D eigenvalue weighted by molar-refractivity contribution is -0.126. The lowest BCUT2D eigenvalue weighted by atomic mass is 9.86. The number of oxime groups is 1. The van der Waals surface area contributed by atoms with Crippen molar-refractivity contribution in [2.24, 2.45) is 11.1 Å². The van der Waals surface area contributed by atoms with Gasteiger partial charge in [-0.15, -0.1) is 0 Å². The van der Waals surface area contributed by atoms with Crippen LogP contribution >= 0.6 is 0 Å². The summed E-state index contributed by atoms with van der Waals surface area (Å²) in [5, 5.41) is 6.66. The van der Waals surface area contributed by atoms with Crippen LogP contribution in [0.25, 0.3) is 0 Å². The molecule has 0 unspecified atom stereocenters. The summed E-state index contributed by atoms with van der Waals surface area (Å²) in [6, 6.07) is 6.24. The standard InChI is InChI=1S/C16H21FN2O2/c1-12-5-2-3-8-15(12)19-16(20)11-21-18-10-13-6-4-7-14(17)9-13/h4,6-7,9-10,12,15H,2-3,5,8,11H2,1H3,(H,19,20)/b18-10-/t12-,15-/m0/s1. The summed E-state index contributed by atoms with van der Waals surface area (Å²) in [4.78, 5) is 16.7. The average molecular weight is 292 g/mol. The topological polar surface area (TPSA) is 50.7 Å². The highest BCUT2D eigenvalue weighted by Gasteiger charge is 2.22. The van der Waals surface area contributed by atoms with Crippen LogP contribution in [0.4, 0.5) is 4.39 Å². The van der Waals surface area contributed by atoms with Gasteiger partial charge < -0.3 is 10.2 Å². The van der Waals surface area contributed by atoms with Gasteiger partial charge in [0.2, 0.25) is 0 Å². The third kappa shape index (κ3) is 5.17. The zero-order valence-electron chi connectivity index (χ0n) is 12.2. The van der Waals surface area contributed by atoms with E-state index in [-0.39, 0.29) is 24.4 Å². The molecule has 1 aromatic rings. The fraction of sp³-hybridized carbons (Fsp3) is 0.500. The van der Waals surface area contributed by atoms with Gasteiger partial charge in [0.25, 0.3) is 5.91 Å². The number of carbonyl (C=O) groups is 1. The third-order valence-electron chi connectivity index (χ3n) is 3.78. The van der Waals surface area contributed by atoms with Crippen LogP contribution in [0.5, 0.6) is 0 Å². The highest BCUT2D eigenvalue weighted by atomic mass is 19.1. The van der Waals surface area contributed by atoms with E-state index in [0.29, 0.717) is 11.5 Å². The molecule has 0 heterocycles. The molecule has 114 valence electrons. The van der Waals surface area contributed by atoms with Crippen LogP contribution in [0.1, 0.15) is 38.2 Å². The molecule has 1 saturated carbocycles. The monoisotopic (exact) mass is 292 g/mol. The molecule has 0 aliphatic heterocycles. The predicted octanol–water partition coefficient (Wildman–Crippen LogP) is 2.87. The molecule has 0 saturated heterocycles. The second-order valence-electron chi connectivity index (χ2n) is 5.50. The second kappa shape index (κ2) is 7.76. The quantitative estimate of drug-likeness (QED) is 0.670. The summed E-state index contributed by atoms with van der Waals surface area (Å²) >= 11 is 0. The number of nitrogens with zero attached hydrogens (tertiary/aromatic N) is 1. The molecule has 0 spiro atoms. The van der Waals surface area contributed by atoms with Crippen molar-refractivity contribution < 1.29 is 14.0 Å². The lowest BCUT2D eigenvalue weighted by Gasteiger charge is -2.29. The smallest absolute Gasteiger partial charge is 0.261 e. The molecular weight excluding hydrogens is 271 g/mol. The number of hydrogen-bond donors (Lipinski definition) is 1. The molecule has 21 heavy (non-hydrogen) atoms. The van der Waals surface area contributed by atoms with Crippen molar-refractivity contribution in [1.82, 2.24) is 5.32 Å². The summed E-state index contributed by atoms with van der Waals surface area (Å²) in [5.41, 5.74) is 0.594. The van der Waals surface area contributed by atoms with Crippen LogP contribution in [-0.4, -0.2) is 24.8 Å². The molecule has 5 heteroatoms. The summed E-state index contributed by atoms with van der Waals surface area (Å²) in [6.07, 6.45) is 5.97. The van der Waals surface area contributed by atoms with Crippen LogP contribution < -0.4 is 5.32 Å². The van der Waals surface area contributed by atoms with E-state index < -0.39 is 0 Å². The van der Waals surface area contributed by atoms with Crippen LogP contribution in [0, 0.1) is 11.7 Å². The van der Waals surface area contributed by atoms with E-state index >= 15 is 0 Å². The molecule has 1 aromatic carbocycles. The van der Waals surface area contributed by atoms with Crippen molar-refractivity contribution in [2.75, 3.05) is 6.61 Å². The SMILES string of the molecule is C[C@H]1CCCC[C@@H]1NC(=O)CO/N=C\c1cccc(F)c1. The van der Waals surface area contributed by atoms with E-state index in [2.05, 4.69) is 17.4 Å². The number of halogens is 1. The first-order chi connectivity index (χ1) is 10.1. The van der Waals surface area contributed by atoms with Crippen LogP contribution in [0.3, 0.4) is 0 Å². The Bertz CT molecular complexity index is 505. The summed E-state index contributed by atoms with van der Waals surface area (Å²) < 4.78 is 12.9. The highest BCUT2D eigenvalue weighted by molar-refractivity contribution is 5.79. The van der Waals surface area contributed by atoms with Crippen molar-refractivity contribution in [2.45, 2.75) is 38.6 Å². The maximum atomic E-state index is 12.9. The van der Waals surface area contributed by atoms with Crippen molar-refractivity contribution in [3.05, 3.63) is 35.6 Å². The molecule has 0 radical (unpaired) electrons. The molecule has 2 rings (SSSR count). The second-order valence-corrected chi connectivity index (χ2v) is 5.50. The maximum Gasteiger partial charge on any atom is 0.261 e. The number of amides is 1. The zero-order valence-corrected chi connectivity index (χ0v) is 12.2. The van der Waals surface area contributed by atoms with E-state index in [1.54, 1.807) is 12.1 Å². The molecule has 1 N–H and O–H groups in total. The molecule has 1 amide bonds. The number of hydrogen-bond acceptors (Lipinski definition) is 3. The molecular formula is C16H21FN2O2. The Balaban J connectivity index is 1.71. The van der Waals surface area contributed by atoms with Crippen LogP contribution in [0.2, 0.25) is 0 Å². The first-order valence-corrected chi connectivity index (χ1v) is 7.35. The van der Waals surface area contributed by atoms with Crippen molar-refractivity contribution in [1.29, 1.82) is 0 Å². The first kappa shape index (κ1) is 15.5. The molecule has 1 aliphatic rings. The third-order valence-corrected chi connectivity index (χ3v) is 3.78. The minimum absolute atomic E-state index is 0.116. The Morgan fingerprint density at radius 3 is 3.05 bits per heavy atom. The molecule has 4 nitrogen and oxygen atoms in total. The van der Waals surface area contributed by atoms with Crippen molar-refractivity contribution in [3.8, 4) is 0 Å². The summed E-state index contributed by atoms with van der Waals surface area (Å²) in [6.45, 7) is 2.04. The van der Waals surface area contributed by atoms with Gasteiger partial charge in [0, 0.05) is 6.04 Å². The normalized spacial score (nSPS) is 22.2. The average Bonchev–Trinajstić information content (AvgIpc) is 2.46. The van der Waals surface area contributed by atoms with E-state index in [9.17, 15) is 9.18 Å². The number of benzene rings is 1. The summed E-state index contributed by atoms with van der Waals surface area (Å²) in [5.74, 6) is 0.0200. The van der Waals surface area contributed by atoms with E-state index in [0.717, 1.165) is 19.3 Å². The molecule has 0 bridgehead atoms. The van der Waals surface area contributed by atoms with Crippen LogP contribution in [0.15, 0.2) is 29.4 Å². The fourth-order valence-corrected chi connectivity index (χ4v) is 2.56. The Hall–Kier alpha value is -1.91. The first-order valence-electron chi connectivity index (χ1n) is 7.35. The lowest BCUT2D eigenvalue weighted by Crippen LogP contribution is -2.42. The van der Waals surface area contributed by atoms with E-state index in [1.165, 1.54) is 24.8 Å². The molecule has 1 aliphatic carbocycles. The minimum Gasteiger partial charge on any atom is -0.386 e.